The molecule has 2 amide bonds. The van der Waals surface area contributed by atoms with E-state index in [0.29, 0.717) is 42.4 Å². The average Bonchev–Trinajstić information content (AvgIpc) is 3.86. The van der Waals surface area contributed by atoms with Crippen LogP contribution in [0.3, 0.4) is 0 Å². The Hall–Kier alpha value is -3.13. The van der Waals surface area contributed by atoms with Gasteiger partial charge in [0, 0.05) is 35.1 Å². The van der Waals surface area contributed by atoms with E-state index in [1.165, 1.54) is 16.6 Å². The first-order valence-corrected chi connectivity index (χ1v) is 15.9. The van der Waals surface area contributed by atoms with Crippen molar-refractivity contribution in [3.05, 3.63) is 53.7 Å². The summed E-state index contributed by atoms with van der Waals surface area (Å²) in [6, 6.07) is 14.0. The molecule has 1 saturated heterocycles. The van der Waals surface area contributed by atoms with Gasteiger partial charge in [0.15, 0.2) is 0 Å². The zero-order valence-electron chi connectivity index (χ0n) is 24.7. The highest BCUT2D eigenvalue weighted by molar-refractivity contribution is 7.99. The number of anilines is 1. The number of methoxy groups -OCH3 is 2. The van der Waals surface area contributed by atoms with Crippen molar-refractivity contribution in [3.8, 4) is 11.5 Å². The summed E-state index contributed by atoms with van der Waals surface area (Å²) in [6.45, 7) is 6.72. The van der Waals surface area contributed by atoms with Crippen molar-refractivity contribution in [3.63, 3.8) is 0 Å². The van der Waals surface area contributed by atoms with Gasteiger partial charge in [-0.3, -0.25) is 9.59 Å². The van der Waals surface area contributed by atoms with Crippen LogP contribution in [0.15, 0.2) is 42.5 Å². The molecule has 2 aliphatic carbocycles. The highest BCUT2D eigenvalue weighted by Gasteiger charge is 2.61. The number of thioether (sulfide) groups is 1. The molecule has 6 rings (SSSR count). The van der Waals surface area contributed by atoms with Crippen LogP contribution in [0.1, 0.15) is 63.1 Å². The zero-order chi connectivity index (χ0) is 28.9. The molecule has 3 fully saturated rings. The Morgan fingerprint density at radius 2 is 1.80 bits per heavy atom. The number of para-hydroxylation sites is 1. The lowest BCUT2D eigenvalue weighted by Gasteiger charge is -2.45. The van der Waals surface area contributed by atoms with Crippen LogP contribution in [0.4, 0.5) is 5.69 Å². The second kappa shape index (κ2) is 10.6. The van der Waals surface area contributed by atoms with Crippen molar-refractivity contribution in [2.45, 2.75) is 70.4 Å². The van der Waals surface area contributed by atoms with Gasteiger partial charge in [0.2, 0.25) is 5.91 Å². The molecule has 2 N–H and O–H groups in total. The molecule has 8 heteroatoms. The number of rotatable bonds is 9. The van der Waals surface area contributed by atoms with Gasteiger partial charge in [0.05, 0.1) is 19.9 Å². The number of hydrogen-bond donors (Lipinski definition) is 2. The van der Waals surface area contributed by atoms with Gasteiger partial charge in [-0.1, -0.05) is 32.0 Å². The second-order valence-electron chi connectivity index (χ2n) is 12.5. The molecule has 0 spiro atoms. The van der Waals surface area contributed by atoms with E-state index >= 15 is 0 Å². The van der Waals surface area contributed by atoms with Gasteiger partial charge in [-0.05, 0) is 85.1 Å². The van der Waals surface area contributed by atoms with E-state index in [1.54, 1.807) is 20.3 Å². The summed E-state index contributed by atoms with van der Waals surface area (Å²) in [5.41, 5.74) is 3.42. The van der Waals surface area contributed by atoms with Crippen molar-refractivity contribution in [1.82, 2.24) is 9.88 Å². The molecule has 0 unspecified atom stereocenters. The minimum absolute atomic E-state index is 0.00883. The first kappa shape index (κ1) is 28.0. The van der Waals surface area contributed by atoms with E-state index in [2.05, 4.69) is 55.3 Å². The summed E-state index contributed by atoms with van der Waals surface area (Å²) in [5.74, 6) is 3.46. The number of aryl methyl sites for hydroxylation is 1. The standard InChI is InChI=1S/C33H41N3O4S/c1-20-29(23-8-6-7-9-25(23)34-20)30-24(32(30,2)3)19-28(37)36(21-10-11-21)33(14-16-41-17-15-33)31(38)35-26-13-12-22(39-4)18-27(26)40-5/h6-9,12-13,18,21,24,30,34H,10-11,14-17,19H2,1-5H3,(H,35,38)/t24-,30+/m0/s1. The Morgan fingerprint density at radius 1 is 1.07 bits per heavy atom. The van der Waals surface area contributed by atoms with Gasteiger partial charge in [-0.15, -0.1) is 0 Å². The predicted molar refractivity (Wildman–Crippen MR) is 165 cm³/mol. The molecular formula is C33H41N3O4S. The maximum atomic E-state index is 14.4. The van der Waals surface area contributed by atoms with Crippen LogP contribution in [0.2, 0.25) is 0 Å². The lowest BCUT2D eigenvalue weighted by atomic mass is 9.87. The van der Waals surface area contributed by atoms with Gasteiger partial charge in [-0.2, -0.15) is 11.8 Å². The largest absolute Gasteiger partial charge is 0.497 e. The van der Waals surface area contributed by atoms with Gasteiger partial charge in [-0.25, -0.2) is 0 Å². The number of nitrogens with one attached hydrogen (secondary N) is 2. The third kappa shape index (κ3) is 4.88. The van der Waals surface area contributed by atoms with Gasteiger partial charge < -0.3 is 24.7 Å². The molecule has 1 aromatic heterocycles. The summed E-state index contributed by atoms with van der Waals surface area (Å²) in [4.78, 5) is 34.2. The highest BCUT2D eigenvalue weighted by Crippen LogP contribution is 2.67. The minimum atomic E-state index is -0.861. The van der Waals surface area contributed by atoms with Gasteiger partial charge in [0.1, 0.15) is 17.0 Å². The molecule has 41 heavy (non-hydrogen) atoms. The minimum Gasteiger partial charge on any atom is -0.497 e. The summed E-state index contributed by atoms with van der Waals surface area (Å²) in [5, 5.41) is 4.41. The van der Waals surface area contributed by atoms with Crippen LogP contribution < -0.4 is 14.8 Å². The maximum Gasteiger partial charge on any atom is 0.250 e. The summed E-state index contributed by atoms with van der Waals surface area (Å²) < 4.78 is 10.9. The number of carbonyl (C=O) groups excluding carboxylic acids is 2. The molecule has 0 bridgehead atoms. The Morgan fingerprint density at radius 3 is 2.49 bits per heavy atom. The summed E-state index contributed by atoms with van der Waals surface area (Å²) >= 11 is 1.86. The number of aromatic amines is 1. The third-order valence-corrected chi connectivity index (χ3v) is 10.7. The van der Waals surface area contributed by atoms with Crippen molar-refractivity contribution < 1.29 is 19.1 Å². The van der Waals surface area contributed by atoms with Crippen molar-refractivity contribution in [2.24, 2.45) is 11.3 Å². The number of nitrogens with zero attached hydrogens (tertiary/aromatic N) is 1. The number of benzene rings is 2. The van der Waals surface area contributed by atoms with E-state index < -0.39 is 5.54 Å². The summed E-state index contributed by atoms with van der Waals surface area (Å²) in [6.07, 6.45) is 3.69. The monoisotopic (exact) mass is 575 g/mol. The van der Waals surface area contributed by atoms with E-state index in [1.807, 2.05) is 28.8 Å². The fourth-order valence-electron chi connectivity index (χ4n) is 7.24. The molecule has 0 radical (unpaired) electrons. The quantitative estimate of drug-likeness (QED) is 0.304. The van der Waals surface area contributed by atoms with Crippen LogP contribution in [0.25, 0.3) is 10.9 Å². The number of H-pyrrole nitrogens is 1. The fraction of sp³-hybridized carbons (Fsp3) is 0.515. The smallest absolute Gasteiger partial charge is 0.250 e. The number of carbonyl (C=O) groups is 2. The maximum absolute atomic E-state index is 14.4. The highest BCUT2D eigenvalue weighted by atomic mass is 32.2. The number of amides is 2. The first-order valence-electron chi connectivity index (χ1n) is 14.7. The third-order valence-electron chi connectivity index (χ3n) is 9.74. The molecule has 7 nitrogen and oxygen atoms in total. The number of fused-ring (bicyclic) bond motifs is 1. The summed E-state index contributed by atoms with van der Waals surface area (Å²) in [7, 11) is 3.19. The Kier molecular flexibility index (Phi) is 7.25. The Labute approximate surface area is 246 Å². The number of ether oxygens (including phenoxy) is 2. The second-order valence-corrected chi connectivity index (χ2v) is 13.7. The molecule has 3 aliphatic rings. The van der Waals surface area contributed by atoms with Crippen molar-refractivity contribution >= 4 is 40.2 Å². The molecule has 2 aromatic carbocycles. The van der Waals surface area contributed by atoms with Crippen molar-refractivity contribution in [2.75, 3.05) is 31.0 Å². The van der Waals surface area contributed by atoms with E-state index in [0.717, 1.165) is 29.9 Å². The number of aromatic nitrogens is 1. The normalized spacial score (nSPS) is 22.7. The molecule has 1 aliphatic heterocycles. The van der Waals surface area contributed by atoms with Crippen LogP contribution in [0.5, 0.6) is 11.5 Å². The van der Waals surface area contributed by atoms with Crippen LogP contribution >= 0.6 is 11.8 Å². The zero-order valence-corrected chi connectivity index (χ0v) is 25.5. The van der Waals surface area contributed by atoms with E-state index in [9.17, 15) is 9.59 Å². The number of hydrogen-bond acceptors (Lipinski definition) is 5. The fourth-order valence-corrected chi connectivity index (χ4v) is 8.40. The SMILES string of the molecule is COc1ccc(NC(=O)C2(N(C(=O)C[C@H]3[C@H](c4c(C)[nH]c5ccccc45)C3(C)C)C3CC3)CCSCC2)c(OC)c1. The Bertz CT molecular complexity index is 1470. The van der Waals surface area contributed by atoms with Crippen LogP contribution in [-0.2, 0) is 9.59 Å². The average molecular weight is 576 g/mol. The first-order chi connectivity index (χ1) is 19.7. The lowest BCUT2D eigenvalue weighted by molar-refractivity contribution is -0.147. The van der Waals surface area contributed by atoms with Crippen LogP contribution in [-0.4, -0.2) is 59.0 Å². The molecule has 2 atom stereocenters. The van der Waals surface area contributed by atoms with E-state index in [-0.39, 0.29) is 29.2 Å². The van der Waals surface area contributed by atoms with E-state index in [4.69, 9.17) is 9.47 Å². The van der Waals surface area contributed by atoms with Crippen LogP contribution in [0, 0.1) is 18.3 Å². The molecule has 218 valence electrons. The topological polar surface area (TPSA) is 83.7 Å². The molecular weight excluding hydrogens is 534 g/mol. The Balaban J connectivity index is 1.28. The molecule has 2 saturated carbocycles. The lowest BCUT2D eigenvalue weighted by Crippen LogP contribution is -2.61. The predicted octanol–water partition coefficient (Wildman–Crippen LogP) is 6.52. The van der Waals surface area contributed by atoms with Crippen molar-refractivity contribution in [1.29, 1.82) is 0 Å². The van der Waals surface area contributed by atoms with Gasteiger partial charge in [0.25, 0.3) is 5.91 Å². The molecule has 2 heterocycles. The molecule has 3 aromatic rings. The van der Waals surface area contributed by atoms with Gasteiger partial charge >= 0.3 is 0 Å².